The van der Waals surface area contributed by atoms with Gasteiger partial charge < -0.3 is 14.4 Å². The molecule has 0 fully saturated rings. The fourth-order valence-electron chi connectivity index (χ4n) is 1.60. The van der Waals surface area contributed by atoms with Crippen molar-refractivity contribution in [3.05, 3.63) is 53.7 Å². The van der Waals surface area contributed by atoms with Crippen LogP contribution < -0.4 is 4.90 Å². The van der Waals surface area contributed by atoms with Crippen LogP contribution in [-0.2, 0) is 6.54 Å². The highest BCUT2D eigenvalue weighted by atomic mass is 19.1. The number of hydrogen-bond donors (Lipinski definition) is 1. The summed E-state index contributed by atoms with van der Waals surface area (Å²) >= 11 is 0. The standard InChI is InChI=1S/C13H12FNO3/c1-15(11-4-2-10(14)3-5-11)7-12-6-9(8-18-12)13(16)17/h2-6,8H,7H2,1H3,(H,16,17). The third-order valence-electron chi connectivity index (χ3n) is 2.56. The van der Waals surface area contributed by atoms with Crippen LogP contribution in [0.15, 0.2) is 41.0 Å². The summed E-state index contributed by atoms with van der Waals surface area (Å²) in [4.78, 5) is 12.5. The van der Waals surface area contributed by atoms with Gasteiger partial charge in [0.15, 0.2) is 0 Å². The molecular formula is C13H12FNO3. The van der Waals surface area contributed by atoms with Crippen molar-refractivity contribution in [1.82, 2.24) is 0 Å². The molecule has 0 aliphatic carbocycles. The second kappa shape index (κ2) is 4.91. The first-order valence-corrected chi connectivity index (χ1v) is 5.33. The summed E-state index contributed by atoms with van der Waals surface area (Å²) < 4.78 is 17.9. The van der Waals surface area contributed by atoms with E-state index in [-0.39, 0.29) is 11.4 Å². The van der Waals surface area contributed by atoms with Crippen LogP contribution in [0.2, 0.25) is 0 Å². The summed E-state index contributed by atoms with van der Waals surface area (Å²) in [6, 6.07) is 7.52. The fraction of sp³-hybridized carbons (Fsp3) is 0.154. The molecule has 0 unspecified atom stereocenters. The van der Waals surface area contributed by atoms with Crippen LogP contribution in [0.5, 0.6) is 0 Å². The number of aromatic carboxylic acids is 1. The Morgan fingerprint density at radius 1 is 1.39 bits per heavy atom. The van der Waals surface area contributed by atoms with Gasteiger partial charge in [0.25, 0.3) is 0 Å². The zero-order valence-corrected chi connectivity index (χ0v) is 9.76. The molecule has 0 spiro atoms. The Labute approximate surface area is 103 Å². The molecule has 2 aromatic rings. The van der Waals surface area contributed by atoms with Gasteiger partial charge in [-0.05, 0) is 30.3 Å². The molecule has 4 nitrogen and oxygen atoms in total. The second-order valence-corrected chi connectivity index (χ2v) is 3.94. The monoisotopic (exact) mass is 249 g/mol. The average molecular weight is 249 g/mol. The summed E-state index contributed by atoms with van der Waals surface area (Å²) in [6.45, 7) is 0.416. The molecular weight excluding hydrogens is 237 g/mol. The highest BCUT2D eigenvalue weighted by molar-refractivity contribution is 5.87. The lowest BCUT2D eigenvalue weighted by atomic mass is 10.2. The van der Waals surface area contributed by atoms with Crippen molar-refractivity contribution in [1.29, 1.82) is 0 Å². The first kappa shape index (κ1) is 12.2. The lowest BCUT2D eigenvalue weighted by molar-refractivity contribution is 0.0696. The summed E-state index contributed by atoms with van der Waals surface area (Å²) in [7, 11) is 1.82. The quantitative estimate of drug-likeness (QED) is 0.905. The van der Waals surface area contributed by atoms with E-state index in [4.69, 9.17) is 9.52 Å². The summed E-state index contributed by atoms with van der Waals surface area (Å²) in [6.07, 6.45) is 1.20. The highest BCUT2D eigenvalue weighted by Crippen LogP contribution is 2.17. The minimum Gasteiger partial charge on any atom is -0.478 e. The van der Waals surface area contributed by atoms with E-state index in [1.807, 2.05) is 11.9 Å². The minimum atomic E-state index is -1.02. The summed E-state index contributed by atoms with van der Waals surface area (Å²) in [5.41, 5.74) is 0.946. The maximum absolute atomic E-state index is 12.8. The average Bonchev–Trinajstić information content (AvgIpc) is 2.78. The maximum Gasteiger partial charge on any atom is 0.338 e. The van der Waals surface area contributed by atoms with Gasteiger partial charge in [-0.2, -0.15) is 0 Å². The zero-order valence-electron chi connectivity index (χ0n) is 9.76. The van der Waals surface area contributed by atoms with Crippen molar-refractivity contribution in [2.24, 2.45) is 0 Å². The molecule has 1 aromatic heterocycles. The van der Waals surface area contributed by atoms with E-state index in [2.05, 4.69) is 0 Å². The van der Waals surface area contributed by atoms with E-state index in [0.29, 0.717) is 12.3 Å². The van der Waals surface area contributed by atoms with Gasteiger partial charge in [0, 0.05) is 12.7 Å². The van der Waals surface area contributed by atoms with Gasteiger partial charge in [-0.25, -0.2) is 9.18 Å². The Hall–Kier alpha value is -2.30. The fourth-order valence-corrected chi connectivity index (χ4v) is 1.60. The smallest absolute Gasteiger partial charge is 0.338 e. The molecule has 0 aliphatic heterocycles. The largest absolute Gasteiger partial charge is 0.478 e. The first-order valence-electron chi connectivity index (χ1n) is 5.33. The molecule has 1 heterocycles. The van der Waals surface area contributed by atoms with Crippen molar-refractivity contribution in [3.63, 3.8) is 0 Å². The lowest BCUT2D eigenvalue weighted by Crippen LogP contribution is -2.15. The van der Waals surface area contributed by atoms with Gasteiger partial charge >= 0.3 is 5.97 Å². The van der Waals surface area contributed by atoms with E-state index in [9.17, 15) is 9.18 Å². The van der Waals surface area contributed by atoms with Crippen molar-refractivity contribution >= 4 is 11.7 Å². The Bertz CT molecular complexity index is 548. The van der Waals surface area contributed by atoms with Gasteiger partial charge in [-0.1, -0.05) is 0 Å². The maximum atomic E-state index is 12.8. The third kappa shape index (κ3) is 2.68. The molecule has 0 bridgehead atoms. The molecule has 0 radical (unpaired) electrons. The van der Waals surface area contributed by atoms with Crippen molar-refractivity contribution in [2.75, 3.05) is 11.9 Å². The molecule has 18 heavy (non-hydrogen) atoms. The normalized spacial score (nSPS) is 10.3. The number of halogens is 1. The van der Waals surface area contributed by atoms with Crippen LogP contribution in [0.25, 0.3) is 0 Å². The first-order chi connectivity index (χ1) is 8.56. The number of rotatable bonds is 4. The Balaban J connectivity index is 2.08. The topological polar surface area (TPSA) is 53.7 Å². The molecule has 1 N–H and O–H groups in total. The Morgan fingerprint density at radius 3 is 2.61 bits per heavy atom. The van der Waals surface area contributed by atoms with Crippen LogP contribution in [0.4, 0.5) is 10.1 Å². The lowest BCUT2D eigenvalue weighted by Gasteiger charge is -2.17. The predicted molar refractivity (Wildman–Crippen MR) is 64.2 cm³/mol. The van der Waals surface area contributed by atoms with Gasteiger partial charge in [0.1, 0.15) is 17.8 Å². The number of carboxylic acids is 1. The van der Waals surface area contributed by atoms with Crippen LogP contribution in [0.1, 0.15) is 16.1 Å². The predicted octanol–water partition coefficient (Wildman–Crippen LogP) is 2.75. The number of anilines is 1. The number of furan rings is 1. The molecule has 0 atom stereocenters. The van der Waals surface area contributed by atoms with E-state index in [0.717, 1.165) is 5.69 Å². The van der Waals surface area contributed by atoms with Crippen LogP contribution >= 0.6 is 0 Å². The zero-order chi connectivity index (χ0) is 13.1. The van der Waals surface area contributed by atoms with E-state index < -0.39 is 5.97 Å². The number of carboxylic acid groups (broad SMARTS) is 1. The van der Waals surface area contributed by atoms with Gasteiger partial charge in [0.05, 0.1) is 12.1 Å². The van der Waals surface area contributed by atoms with Crippen molar-refractivity contribution in [3.8, 4) is 0 Å². The number of hydrogen-bond acceptors (Lipinski definition) is 3. The number of nitrogens with zero attached hydrogens (tertiary/aromatic N) is 1. The molecule has 94 valence electrons. The highest BCUT2D eigenvalue weighted by Gasteiger charge is 2.10. The van der Waals surface area contributed by atoms with Crippen LogP contribution in [-0.4, -0.2) is 18.1 Å². The van der Waals surface area contributed by atoms with E-state index >= 15 is 0 Å². The van der Waals surface area contributed by atoms with Crippen LogP contribution in [0, 0.1) is 5.82 Å². The molecule has 0 aliphatic rings. The Kier molecular flexibility index (Phi) is 3.32. The summed E-state index contributed by atoms with van der Waals surface area (Å²) in [5, 5.41) is 8.76. The van der Waals surface area contributed by atoms with Crippen molar-refractivity contribution in [2.45, 2.75) is 6.54 Å². The number of benzene rings is 1. The third-order valence-corrected chi connectivity index (χ3v) is 2.56. The molecule has 5 heteroatoms. The second-order valence-electron chi connectivity index (χ2n) is 3.94. The Morgan fingerprint density at radius 2 is 2.06 bits per heavy atom. The molecule has 0 amide bonds. The van der Waals surface area contributed by atoms with Gasteiger partial charge in [0.2, 0.25) is 0 Å². The molecule has 0 saturated carbocycles. The minimum absolute atomic E-state index is 0.123. The SMILES string of the molecule is CN(Cc1cc(C(=O)O)co1)c1ccc(F)cc1. The molecule has 0 saturated heterocycles. The van der Waals surface area contributed by atoms with Crippen LogP contribution in [0.3, 0.4) is 0 Å². The molecule has 1 aromatic carbocycles. The summed E-state index contributed by atoms with van der Waals surface area (Å²) in [5.74, 6) is -0.771. The van der Waals surface area contributed by atoms with Crippen molar-refractivity contribution < 1.29 is 18.7 Å². The van der Waals surface area contributed by atoms with Gasteiger partial charge in [-0.3, -0.25) is 0 Å². The van der Waals surface area contributed by atoms with Gasteiger partial charge in [-0.15, -0.1) is 0 Å². The van der Waals surface area contributed by atoms with E-state index in [1.54, 1.807) is 12.1 Å². The number of carbonyl (C=O) groups is 1. The van der Waals surface area contributed by atoms with E-state index in [1.165, 1.54) is 24.5 Å². The molecule has 2 rings (SSSR count).